The Kier molecular flexibility index (Phi) is 3.86. The van der Waals surface area contributed by atoms with Crippen molar-refractivity contribution in [2.45, 2.75) is 0 Å². The predicted molar refractivity (Wildman–Crippen MR) is 62.1 cm³/mol. The van der Waals surface area contributed by atoms with Crippen LogP contribution in [0.1, 0.15) is 0 Å². The van der Waals surface area contributed by atoms with Crippen LogP contribution in [0.25, 0.3) is 31.3 Å². The average Bonchev–Trinajstić information content (AvgIpc) is 3.06. The van der Waals surface area contributed by atoms with E-state index < -0.39 is 0 Å². The van der Waals surface area contributed by atoms with Crippen molar-refractivity contribution in [3.05, 3.63) is 37.7 Å². The van der Waals surface area contributed by atoms with E-state index in [1.807, 2.05) is 0 Å². The van der Waals surface area contributed by atoms with Crippen molar-refractivity contribution in [3.63, 3.8) is 0 Å². The van der Waals surface area contributed by atoms with Crippen LogP contribution in [0.5, 0.6) is 0 Å². The Labute approximate surface area is 112 Å². The van der Waals surface area contributed by atoms with Gasteiger partial charge in [-0.15, -0.1) is 20.4 Å². The van der Waals surface area contributed by atoms with Gasteiger partial charge in [0.05, 0.1) is 0 Å². The Hall–Kier alpha value is -4.19. The zero-order valence-corrected chi connectivity index (χ0v) is 9.68. The van der Waals surface area contributed by atoms with E-state index in [1.165, 1.54) is 0 Å². The highest BCUT2D eigenvalue weighted by atomic mass is 15.7. The van der Waals surface area contributed by atoms with E-state index in [4.69, 9.17) is 16.6 Å². The third kappa shape index (κ3) is 2.80. The van der Waals surface area contributed by atoms with E-state index in [0.717, 1.165) is 15.7 Å². The smallest absolute Gasteiger partial charge is 0.178 e. The minimum atomic E-state index is -0.318. The number of rotatable bonds is 5. The summed E-state index contributed by atoms with van der Waals surface area (Å²) in [5.41, 5.74) is 25.1. The summed E-state index contributed by atoms with van der Waals surface area (Å²) in [6.45, 7) is 0. The molecule has 0 unspecified atom stereocenters. The quantitative estimate of drug-likeness (QED) is 0.456. The first-order valence-corrected chi connectivity index (χ1v) is 4.73. The summed E-state index contributed by atoms with van der Waals surface area (Å²) < 4.78 is 1.68. The summed E-state index contributed by atoms with van der Waals surface area (Å²) >= 11 is 0. The lowest BCUT2D eigenvalue weighted by Crippen LogP contribution is -1.90. The van der Waals surface area contributed by atoms with Crippen LogP contribution < -0.4 is 0 Å². The van der Waals surface area contributed by atoms with Crippen LogP contribution in [-0.4, -0.2) is 29.7 Å². The summed E-state index contributed by atoms with van der Waals surface area (Å²) in [5, 5.41) is 30.5. The van der Waals surface area contributed by atoms with Crippen LogP contribution in [0.3, 0.4) is 0 Å². The summed E-state index contributed by atoms with van der Waals surface area (Å²) in [4.78, 5) is 7.51. The Bertz CT molecular complexity index is 777. The Morgan fingerprint density at radius 2 is 1.38 bits per heavy atom. The highest BCUT2D eigenvalue weighted by molar-refractivity contribution is 5.27. The van der Waals surface area contributed by atoms with Crippen molar-refractivity contribution in [2.75, 3.05) is 0 Å². The average molecular weight is 287 g/mol. The molecule has 0 aliphatic carbocycles. The summed E-state index contributed by atoms with van der Waals surface area (Å²) in [6.07, 6.45) is 1.10. The summed E-state index contributed by atoms with van der Waals surface area (Å²) in [5.74, 6) is -0.825. The first-order valence-electron chi connectivity index (χ1n) is 4.73. The maximum atomic E-state index is 8.37. The van der Waals surface area contributed by atoms with Gasteiger partial charge in [0, 0.05) is 14.7 Å². The molecular formula is C4HN17. The topological polar surface area (TPSA) is 232 Å². The lowest BCUT2D eigenvalue weighted by atomic mass is 11.0. The van der Waals surface area contributed by atoms with Crippen molar-refractivity contribution < 1.29 is 0 Å². The fraction of sp³-hybridized carbons (Fsp3) is 0. The molecule has 0 aromatic carbocycles. The number of azide groups is 3. The fourth-order valence-electron chi connectivity index (χ4n) is 1.02. The molecule has 2 aromatic heterocycles. The molecule has 0 N–H and O–H groups in total. The van der Waals surface area contributed by atoms with Gasteiger partial charge in [-0.3, -0.25) is 0 Å². The second kappa shape index (κ2) is 6.12. The first-order chi connectivity index (χ1) is 10.3. The van der Waals surface area contributed by atoms with E-state index in [9.17, 15) is 0 Å². The van der Waals surface area contributed by atoms with Gasteiger partial charge >= 0.3 is 0 Å². The second-order valence-electron chi connectivity index (χ2n) is 2.83. The highest BCUT2D eigenvalue weighted by Crippen LogP contribution is 2.18. The fourth-order valence-corrected chi connectivity index (χ4v) is 1.02. The Morgan fingerprint density at radius 3 is 1.95 bits per heavy atom. The van der Waals surface area contributed by atoms with E-state index in [1.54, 1.807) is 0 Å². The predicted octanol–water partition coefficient (Wildman–Crippen LogP) is 2.37. The molecule has 0 radical (unpaired) electrons. The molecule has 0 fully saturated rings. The molecule has 0 aliphatic rings. The first kappa shape index (κ1) is 13.2. The van der Waals surface area contributed by atoms with Gasteiger partial charge in [0.25, 0.3) is 0 Å². The van der Waals surface area contributed by atoms with E-state index in [-0.39, 0.29) is 17.8 Å². The standard InChI is InChI=1S/C4HN17/c5-15-12-2-9-8-1-20(2)18-19-21-3(13-16-6)10-11-4(21)14-17-7/h1H/b19-18+. The molecule has 2 heterocycles. The molecule has 0 aliphatic heterocycles. The van der Waals surface area contributed by atoms with Gasteiger partial charge in [0.1, 0.15) is 6.33 Å². The van der Waals surface area contributed by atoms with Crippen molar-refractivity contribution in [2.24, 2.45) is 25.8 Å². The summed E-state index contributed by atoms with van der Waals surface area (Å²) in [7, 11) is 0. The maximum Gasteiger partial charge on any atom is 0.243 e. The molecule has 0 amide bonds. The van der Waals surface area contributed by atoms with Gasteiger partial charge in [-0.1, -0.05) is 0 Å². The molecule has 17 heteroatoms. The van der Waals surface area contributed by atoms with E-state index in [0.29, 0.717) is 0 Å². The molecule has 0 atom stereocenters. The minimum absolute atomic E-state index is 0.190. The SMILES string of the molecule is [N-]=[N+]=Nc1nncn1/N=N/n1c(N=[N+]=[N-])nnc1N=[N+]=[N-]. The van der Waals surface area contributed by atoms with Gasteiger partial charge < -0.3 is 0 Å². The number of hydrogen-bond donors (Lipinski definition) is 0. The highest BCUT2D eigenvalue weighted by Gasteiger charge is 2.09. The van der Waals surface area contributed by atoms with Crippen LogP contribution in [0.15, 0.2) is 32.1 Å². The van der Waals surface area contributed by atoms with Gasteiger partial charge in [-0.05, 0) is 42.4 Å². The number of aromatic nitrogens is 6. The largest absolute Gasteiger partial charge is 0.243 e. The molecular weight excluding hydrogens is 286 g/mol. The van der Waals surface area contributed by atoms with Gasteiger partial charge in [0.2, 0.25) is 17.8 Å². The van der Waals surface area contributed by atoms with Gasteiger partial charge in [-0.25, -0.2) is 0 Å². The van der Waals surface area contributed by atoms with Crippen LogP contribution in [-0.2, 0) is 0 Å². The lowest BCUT2D eigenvalue weighted by molar-refractivity contribution is 0.687. The molecule has 0 saturated carbocycles. The normalized spacial score (nSPS) is 9.71. The lowest BCUT2D eigenvalue weighted by Gasteiger charge is -1.95. The zero-order valence-electron chi connectivity index (χ0n) is 9.68. The number of hydrogen-bond acceptors (Lipinski definition) is 9. The Morgan fingerprint density at radius 1 is 0.810 bits per heavy atom. The van der Waals surface area contributed by atoms with Crippen molar-refractivity contribution in [1.29, 1.82) is 0 Å². The third-order valence-corrected chi connectivity index (χ3v) is 1.75. The molecule has 0 bridgehead atoms. The summed E-state index contributed by atoms with van der Waals surface area (Å²) in [6, 6.07) is 0. The van der Waals surface area contributed by atoms with E-state index in [2.05, 4.69) is 60.9 Å². The van der Waals surface area contributed by atoms with Crippen LogP contribution in [0, 0.1) is 0 Å². The zero-order chi connectivity index (χ0) is 15.1. The molecule has 0 saturated heterocycles. The third-order valence-electron chi connectivity index (χ3n) is 1.75. The van der Waals surface area contributed by atoms with Crippen molar-refractivity contribution in [3.8, 4) is 0 Å². The van der Waals surface area contributed by atoms with Crippen LogP contribution in [0.2, 0.25) is 0 Å². The van der Waals surface area contributed by atoms with Crippen LogP contribution >= 0.6 is 0 Å². The van der Waals surface area contributed by atoms with Crippen molar-refractivity contribution >= 4 is 17.8 Å². The number of nitrogens with zero attached hydrogens (tertiary/aromatic N) is 17. The van der Waals surface area contributed by atoms with Crippen molar-refractivity contribution in [1.82, 2.24) is 29.7 Å². The molecule has 2 aromatic rings. The van der Waals surface area contributed by atoms with E-state index >= 15 is 0 Å². The van der Waals surface area contributed by atoms with Gasteiger partial charge in [0.15, 0.2) is 0 Å². The molecule has 0 spiro atoms. The maximum absolute atomic E-state index is 8.37. The van der Waals surface area contributed by atoms with Gasteiger partial charge in [-0.2, -0.15) is 9.35 Å². The second-order valence-corrected chi connectivity index (χ2v) is 2.83. The molecule has 2 rings (SSSR count). The molecule has 21 heavy (non-hydrogen) atoms. The minimum Gasteiger partial charge on any atom is -0.178 e. The monoisotopic (exact) mass is 287 g/mol. The molecule has 102 valence electrons. The Balaban J connectivity index is 2.46. The van der Waals surface area contributed by atoms with Crippen LogP contribution in [0.4, 0.5) is 17.8 Å². The molecule has 17 nitrogen and oxygen atoms in total.